The van der Waals surface area contributed by atoms with Gasteiger partial charge >= 0.3 is 0 Å². The first-order valence-corrected chi connectivity index (χ1v) is 14.0. The lowest BCUT2D eigenvalue weighted by atomic mass is 10.0. The van der Waals surface area contributed by atoms with Crippen molar-refractivity contribution >= 4 is 34.8 Å². The molecule has 6 aromatic rings. The Hall–Kier alpha value is -6.15. The summed E-state index contributed by atoms with van der Waals surface area (Å²) >= 11 is 0. The van der Waals surface area contributed by atoms with Gasteiger partial charge in [0.1, 0.15) is 0 Å². The molecule has 2 heterocycles. The number of aryl methyl sites for hydroxylation is 1. The van der Waals surface area contributed by atoms with Gasteiger partial charge in [-0.05, 0) is 60.0 Å². The zero-order chi connectivity index (χ0) is 30.3. The van der Waals surface area contributed by atoms with Gasteiger partial charge in [0.2, 0.25) is 5.95 Å². The van der Waals surface area contributed by atoms with E-state index in [4.69, 9.17) is 0 Å². The molecule has 214 valence electrons. The summed E-state index contributed by atoms with van der Waals surface area (Å²) in [6.45, 7) is 1.96. The highest BCUT2D eigenvalue weighted by molar-refractivity contribution is 6.07. The first-order valence-electron chi connectivity index (χ1n) is 14.0. The van der Waals surface area contributed by atoms with Crippen LogP contribution in [0.3, 0.4) is 0 Å². The van der Waals surface area contributed by atoms with Crippen LogP contribution in [0.1, 0.15) is 26.3 Å². The molecule has 0 aliphatic heterocycles. The van der Waals surface area contributed by atoms with Gasteiger partial charge in [0.05, 0.1) is 23.1 Å². The number of anilines is 4. The number of rotatable bonds is 8. The first-order chi connectivity index (χ1) is 21.5. The van der Waals surface area contributed by atoms with Gasteiger partial charge in [-0.1, -0.05) is 78.9 Å². The molecule has 8 heteroatoms. The Kier molecular flexibility index (Phi) is 8.14. The number of carbonyl (C=O) groups is 2. The summed E-state index contributed by atoms with van der Waals surface area (Å²) in [4.78, 5) is 39.2. The van der Waals surface area contributed by atoms with Crippen LogP contribution in [-0.4, -0.2) is 26.8 Å². The molecule has 0 unspecified atom stereocenters. The average Bonchev–Trinajstić information content (AvgIpc) is 3.07. The van der Waals surface area contributed by atoms with Crippen molar-refractivity contribution in [3.05, 3.63) is 151 Å². The van der Waals surface area contributed by atoms with Crippen molar-refractivity contribution in [2.75, 3.05) is 16.0 Å². The van der Waals surface area contributed by atoms with Crippen molar-refractivity contribution in [3.63, 3.8) is 0 Å². The minimum Gasteiger partial charge on any atom is -0.324 e. The molecule has 0 fully saturated rings. The fourth-order valence-electron chi connectivity index (χ4n) is 4.63. The summed E-state index contributed by atoms with van der Waals surface area (Å²) in [7, 11) is 0. The van der Waals surface area contributed by atoms with Crippen LogP contribution in [0.2, 0.25) is 0 Å². The van der Waals surface area contributed by atoms with Crippen LogP contribution in [0.4, 0.5) is 23.0 Å². The largest absolute Gasteiger partial charge is 0.324 e. The van der Waals surface area contributed by atoms with Gasteiger partial charge in [-0.15, -0.1) is 0 Å². The van der Waals surface area contributed by atoms with Crippen LogP contribution >= 0.6 is 0 Å². The summed E-state index contributed by atoms with van der Waals surface area (Å²) in [5.74, 6) is -0.213. The van der Waals surface area contributed by atoms with Crippen molar-refractivity contribution < 1.29 is 9.59 Å². The summed E-state index contributed by atoms with van der Waals surface area (Å²) in [5, 5.41) is 9.00. The Bertz CT molecular complexity index is 1930. The standard InChI is InChI=1S/C36H28N6O2/c1-24-12-17-30(21-33(24)42-36-38-19-18-32(41-36)27-10-6-3-7-11-27)39-35(44)29-20-31(23-37-22-29)40-34(43)28-15-13-26(14-16-28)25-8-4-2-5-9-25/h2-23H,1H3,(H,39,44)(H,40,43)(H,38,41,42). The molecule has 0 saturated carbocycles. The number of benzene rings is 4. The quantitative estimate of drug-likeness (QED) is 0.171. The molecule has 2 amide bonds. The Labute approximate surface area is 254 Å². The van der Waals surface area contributed by atoms with E-state index < -0.39 is 0 Å². The Balaban J connectivity index is 1.12. The van der Waals surface area contributed by atoms with Gasteiger partial charge in [0.15, 0.2) is 0 Å². The van der Waals surface area contributed by atoms with Crippen molar-refractivity contribution in [2.24, 2.45) is 0 Å². The van der Waals surface area contributed by atoms with E-state index >= 15 is 0 Å². The minimum atomic E-state index is -0.363. The molecule has 2 aromatic heterocycles. The fourth-order valence-corrected chi connectivity index (χ4v) is 4.63. The van der Waals surface area contributed by atoms with Crippen LogP contribution < -0.4 is 16.0 Å². The van der Waals surface area contributed by atoms with Crippen molar-refractivity contribution in [2.45, 2.75) is 6.92 Å². The SMILES string of the molecule is Cc1ccc(NC(=O)c2cncc(NC(=O)c3ccc(-c4ccccc4)cc3)c2)cc1Nc1nccc(-c2ccccc2)n1. The van der Waals surface area contributed by atoms with E-state index in [9.17, 15) is 9.59 Å². The zero-order valence-electron chi connectivity index (χ0n) is 23.9. The van der Waals surface area contributed by atoms with Gasteiger partial charge in [-0.25, -0.2) is 9.97 Å². The second-order valence-electron chi connectivity index (χ2n) is 10.1. The van der Waals surface area contributed by atoms with Gasteiger partial charge in [0.25, 0.3) is 11.8 Å². The molecule has 0 aliphatic carbocycles. The number of pyridine rings is 1. The molecule has 0 saturated heterocycles. The first kappa shape index (κ1) is 28.0. The normalized spacial score (nSPS) is 10.6. The van der Waals surface area contributed by atoms with Gasteiger partial charge in [-0.3, -0.25) is 14.6 Å². The third-order valence-corrected chi connectivity index (χ3v) is 6.98. The molecule has 8 nitrogen and oxygen atoms in total. The number of amides is 2. The number of nitrogens with zero attached hydrogens (tertiary/aromatic N) is 3. The molecule has 4 aromatic carbocycles. The smallest absolute Gasteiger partial charge is 0.257 e. The van der Waals surface area contributed by atoms with E-state index in [0.29, 0.717) is 28.5 Å². The lowest BCUT2D eigenvalue weighted by Crippen LogP contribution is -2.15. The molecule has 0 radical (unpaired) electrons. The predicted octanol–water partition coefficient (Wildman–Crippen LogP) is 7.76. The summed E-state index contributed by atoms with van der Waals surface area (Å²) in [5.41, 5.74) is 7.39. The van der Waals surface area contributed by atoms with E-state index in [1.807, 2.05) is 104 Å². The van der Waals surface area contributed by atoms with E-state index in [1.165, 1.54) is 12.4 Å². The molecule has 0 bridgehead atoms. The lowest BCUT2D eigenvalue weighted by molar-refractivity contribution is 0.101. The number of hydrogen-bond acceptors (Lipinski definition) is 6. The second-order valence-corrected chi connectivity index (χ2v) is 10.1. The maximum atomic E-state index is 13.1. The number of carbonyl (C=O) groups excluding carboxylic acids is 2. The van der Waals surface area contributed by atoms with Crippen molar-refractivity contribution in [3.8, 4) is 22.4 Å². The lowest BCUT2D eigenvalue weighted by Gasteiger charge is -2.12. The average molecular weight is 577 g/mol. The molecular formula is C36H28N6O2. The topological polar surface area (TPSA) is 109 Å². The highest BCUT2D eigenvalue weighted by Crippen LogP contribution is 2.25. The van der Waals surface area contributed by atoms with Crippen molar-refractivity contribution in [1.82, 2.24) is 15.0 Å². The Morgan fingerprint density at radius 3 is 2.02 bits per heavy atom. The zero-order valence-corrected chi connectivity index (χ0v) is 23.9. The summed E-state index contributed by atoms with van der Waals surface area (Å²) < 4.78 is 0. The Morgan fingerprint density at radius 1 is 0.614 bits per heavy atom. The number of hydrogen-bond donors (Lipinski definition) is 3. The van der Waals surface area contributed by atoms with Crippen LogP contribution in [0, 0.1) is 6.92 Å². The maximum absolute atomic E-state index is 13.1. The molecule has 6 rings (SSSR count). The third kappa shape index (κ3) is 6.66. The Morgan fingerprint density at radius 2 is 1.27 bits per heavy atom. The highest BCUT2D eigenvalue weighted by Gasteiger charge is 2.12. The molecule has 0 atom stereocenters. The second kappa shape index (κ2) is 12.8. The van der Waals surface area contributed by atoms with Gasteiger partial charge in [-0.2, -0.15) is 0 Å². The van der Waals surface area contributed by atoms with Crippen molar-refractivity contribution in [1.29, 1.82) is 0 Å². The van der Waals surface area contributed by atoms with Crippen LogP contribution in [0.25, 0.3) is 22.4 Å². The van der Waals surface area contributed by atoms with Crippen LogP contribution in [0.5, 0.6) is 0 Å². The third-order valence-electron chi connectivity index (χ3n) is 6.98. The summed E-state index contributed by atoms with van der Waals surface area (Å²) in [6.07, 6.45) is 4.66. The molecule has 44 heavy (non-hydrogen) atoms. The highest BCUT2D eigenvalue weighted by atomic mass is 16.2. The molecular weight excluding hydrogens is 548 g/mol. The summed E-state index contributed by atoms with van der Waals surface area (Å²) in [6, 6.07) is 36.2. The number of aromatic nitrogens is 3. The minimum absolute atomic E-state index is 0.295. The van der Waals surface area contributed by atoms with E-state index in [2.05, 4.69) is 30.9 Å². The molecule has 0 aliphatic rings. The monoisotopic (exact) mass is 576 g/mol. The van der Waals surface area contributed by atoms with Gasteiger partial charge in [0, 0.05) is 34.9 Å². The van der Waals surface area contributed by atoms with Crippen LogP contribution in [0.15, 0.2) is 134 Å². The van der Waals surface area contributed by atoms with Crippen LogP contribution in [-0.2, 0) is 0 Å². The maximum Gasteiger partial charge on any atom is 0.257 e. The fraction of sp³-hybridized carbons (Fsp3) is 0.0278. The van der Waals surface area contributed by atoms with E-state index in [1.54, 1.807) is 24.4 Å². The molecule has 0 spiro atoms. The number of nitrogens with one attached hydrogen (secondary N) is 3. The molecule has 3 N–H and O–H groups in total. The van der Waals surface area contributed by atoms with E-state index in [-0.39, 0.29) is 11.8 Å². The van der Waals surface area contributed by atoms with Gasteiger partial charge < -0.3 is 16.0 Å². The predicted molar refractivity (Wildman–Crippen MR) is 174 cm³/mol. The van der Waals surface area contributed by atoms with E-state index in [0.717, 1.165) is 33.6 Å².